The largest absolute Gasteiger partial charge is 0.460 e. The van der Waals surface area contributed by atoms with E-state index in [4.69, 9.17) is 9.29 Å². The van der Waals surface area contributed by atoms with Crippen molar-refractivity contribution < 1.29 is 22.5 Å². The number of rotatable bonds is 6. The van der Waals surface area contributed by atoms with Crippen molar-refractivity contribution in [2.75, 3.05) is 6.26 Å². The first-order valence-electron chi connectivity index (χ1n) is 8.63. The summed E-state index contributed by atoms with van der Waals surface area (Å²) in [6, 6.07) is 11.9. The summed E-state index contributed by atoms with van der Waals surface area (Å²) in [6.45, 7) is 6.57. The van der Waals surface area contributed by atoms with E-state index in [1.807, 2.05) is 31.2 Å². The van der Waals surface area contributed by atoms with E-state index in [0.29, 0.717) is 12.2 Å². The lowest BCUT2D eigenvalue weighted by atomic mass is 9.97. The molecule has 0 aliphatic rings. The van der Waals surface area contributed by atoms with E-state index in [1.54, 1.807) is 12.4 Å². The van der Waals surface area contributed by atoms with Gasteiger partial charge in [0.05, 0.1) is 12.2 Å². The summed E-state index contributed by atoms with van der Waals surface area (Å²) < 4.78 is 31.2. The van der Waals surface area contributed by atoms with Crippen molar-refractivity contribution in [3.05, 3.63) is 65.5 Å². The third kappa shape index (κ3) is 10.5. The van der Waals surface area contributed by atoms with Crippen molar-refractivity contribution in [1.29, 1.82) is 0 Å². The van der Waals surface area contributed by atoms with E-state index in [2.05, 4.69) is 31.0 Å². The van der Waals surface area contributed by atoms with Crippen molar-refractivity contribution in [1.82, 2.24) is 4.98 Å². The Kier molecular flexibility index (Phi) is 9.11. The number of carbonyl (C=O) groups excluding carboxylic acids is 1. The Balaban J connectivity index is 0.000000646. The fraction of sp³-hybridized carbons (Fsp3) is 0.400. The van der Waals surface area contributed by atoms with Crippen LogP contribution in [0.4, 0.5) is 0 Å². The van der Waals surface area contributed by atoms with Gasteiger partial charge in [0, 0.05) is 12.4 Å². The van der Waals surface area contributed by atoms with Gasteiger partial charge in [0.15, 0.2) is 0 Å². The molecule has 27 heavy (non-hydrogen) atoms. The maximum absolute atomic E-state index is 12.1. The Morgan fingerprint density at radius 1 is 1.04 bits per heavy atom. The van der Waals surface area contributed by atoms with Gasteiger partial charge >= 0.3 is 5.97 Å². The second kappa shape index (κ2) is 10.8. The molecule has 0 bridgehead atoms. The minimum absolute atomic E-state index is 0.201. The molecule has 7 heteroatoms. The van der Waals surface area contributed by atoms with E-state index in [0.717, 1.165) is 17.5 Å². The van der Waals surface area contributed by atoms with Crippen molar-refractivity contribution >= 4 is 16.1 Å². The predicted octanol–water partition coefficient (Wildman–Crippen LogP) is 3.63. The molecule has 0 aliphatic carbocycles. The minimum atomic E-state index is -3.67. The summed E-state index contributed by atoms with van der Waals surface area (Å²) in [6.07, 6.45) is 5.16. The summed E-state index contributed by atoms with van der Waals surface area (Å²) in [5.41, 5.74) is 3.24. The van der Waals surface area contributed by atoms with Crippen LogP contribution in [0.3, 0.4) is 0 Å². The molecule has 1 N–H and O–H groups in total. The summed E-state index contributed by atoms with van der Waals surface area (Å²) in [5.74, 6) is 0.178. The van der Waals surface area contributed by atoms with Gasteiger partial charge in [0.2, 0.25) is 0 Å². The highest BCUT2D eigenvalue weighted by atomic mass is 32.2. The van der Waals surface area contributed by atoms with Crippen LogP contribution in [0.15, 0.2) is 48.8 Å². The van der Waals surface area contributed by atoms with Gasteiger partial charge in [-0.1, -0.05) is 38.1 Å². The van der Waals surface area contributed by atoms with Crippen LogP contribution in [0.2, 0.25) is 0 Å². The van der Waals surface area contributed by atoms with E-state index in [1.165, 1.54) is 5.56 Å². The number of aromatic nitrogens is 1. The lowest BCUT2D eigenvalue weighted by molar-refractivity contribution is -0.146. The van der Waals surface area contributed by atoms with Crippen molar-refractivity contribution in [2.24, 2.45) is 5.92 Å². The summed E-state index contributed by atoms with van der Waals surface area (Å²) >= 11 is 0. The van der Waals surface area contributed by atoms with E-state index < -0.39 is 10.1 Å². The molecule has 0 radical (unpaired) electrons. The number of pyridine rings is 1. The second-order valence-corrected chi connectivity index (χ2v) is 8.22. The summed E-state index contributed by atoms with van der Waals surface area (Å²) in [4.78, 5) is 16.1. The van der Waals surface area contributed by atoms with Crippen LogP contribution in [0.25, 0.3) is 0 Å². The molecule has 148 valence electrons. The van der Waals surface area contributed by atoms with E-state index in [9.17, 15) is 13.2 Å². The van der Waals surface area contributed by atoms with Gasteiger partial charge in [-0.15, -0.1) is 0 Å². The lowest BCUT2D eigenvalue weighted by Gasteiger charge is -2.13. The highest BCUT2D eigenvalue weighted by Crippen LogP contribution is 2.19. The molecule has 1 aromatic heterocycles. The molecular weight excluding hydrogens is 366 g/mol. The number of ether oxygens (including phenoxy) is 1. The zero-order chi connectivity index (χ0) is 20.4. The Morgan fingerprint density at radius 2 is 1.56 bits per heavy atom. The SMILES string of the molecule is CC(C)Cc1ccc(C(C)C(=O)OCc2ccncc2)cc1.CS(=O)(=O)O. The zero-order valence-electron chi connectivity index (χ0n) is 16.1. The number of nitrogens with zero attached hydrogens (tertiary/aromatic N) is 1. The first kappa shape index (κ1) is 22.8. The average molecular weight is 394 g/mol. The number of hydrogen-bond acceptors (Lipinski definition) is 5. The van der Waals surface area contributed by atoms with E-state index in [-0.39, 0.29) is 18.5 Å². The van der Waals surface area contributed by atoms with Crippen molar-refractivity contribution in [2.45, 2.75) is 39.7 Å². The van der Waals surface area contributed by atoms with Gasteiger partial charge in [-0.25, -0.2) is 0 Å². The van der Waals surface area contributed by atoms with Crippen LogP contribution in [0.5, 0.6) is 0 Å². The molecule has 0 fully saturated rings. The number of hydrogen-bond donors (Lipinski definition) is 1. The maximum Gasteiger partial charge on any atom is 0.313 e. The van der Waals surface area contributed by atoms with Gasteiger partial charge in [0.25, 0.3) is 10.1 Å². The standard InChI is InChI=1S/C19H23NO2.CH4O3S/c1-14(2)12-16-4-6-18(7-5-16)15(3)19(21)22-13-17-8-10-20-11-9-17;1-5(2,3)4/h4-11,14-15H,12-13H2,1-3H3;1H3,(H,2,3,4). The second-order valence-electron chi connectivity index (χ2n) is 6.76. The van der Waals surface area contributed by atoms with Crippen LogP contribution in [-0.2, 0) is 32.7 Å². The molecule has 2 aromatic rings. The molecule has 0 saturated carbocycles. The van der Waals surface area contributed by atoms with Gasteiger partial charge < -0.3 is 4.74 Å². The summed E-state index contributed by atoms with van der Waals surface area (Å²) in [7, 11) is -3.67. The van der Waals surface area contributed by atoms with E-state index >= 15 is 0 Å². The Morgan fingerprint density at radius 3 is 2.04 bits per heavy atom. The monoisotopic (exact) mass is 393 g/mol. The maximum atomic E-state index is 12.1. The zero-order valence-corrected chi connectivity index (χ0v) is 16.9. The molecule has 0 saturated heterocycles. The number of benzene rings is 1. The predicted molar refractivity (Wildman–Crippen MR) is 105 cm³/mol. The third-order valence-electron chi connectivity index (χ3n) is 3.61. The molecule has 6 nitrogen and oxygen atoms in total. The quantitative estimate of drug-likeness (QED) is 0.595. The first-order chi connectivity index (χ1) is 12.6. The van der Waals surface area contributed by atoms with Crippen LogP contribution in [0, 0.1) is 5.92 Å². The lowest BCUT2D eigenvalue weighted by Crippen LogP contribution is -2.13. The molecule has 0 amide bonds. The van der Waals surface area contributed by atoms with Crippen molar-refractivity contribution in [3.8, 4) is 0 Å². The Labute approximate surface area is 161 Å². The third-order valence-corrected chi connectivity index (χ3v) is 3.61. The molecular formula is C20H27NO5S. The topological polar surface area (TPSA) is 93.6 Å². The highest BCUT2D eigenvalue weighted by Gasteiger charge is 2.16. The molecule has 1 aromatic carbocycles. The van der Waals surface area contributed by atoms with Crippen LogP contribution in [0.1, 0.15) is 43.4 Å². The van der Waals surface area contributed by atoms with Gasteiger partial charge in [0.1, 0.15) is 6.61 Å². The minimum Gasteiger partial charge on any atom is -0.460 e. The molecule has 1 heterocycles. The normalized spacial score (nSPS) is 12.1. The smallest absolute Gasteiger partial charge is 0.313 e. The average Bonchev–Trinajstić information content (AvgIpc) is 2.58. The fourth-order valence-electron chi connectivity index (χ4n) is 2.31. The van der Waals surface area contributed by atoms with Gasteiger partial charge in [-0.05, 0) is 48.1 Å². The van der Waals surface area contributed by atoms with Crippen LogP contribution >= 0.6 is 0 Å². The first-order valence-corrected chi connectivity index (χ1v) is 10.5. The Bertz CT molecular complexity index is 794. The fourth-order valence-corrected chi connectivity index (χ4v) is 2.31. The number of carbonyl (C=O) groups is 1. The highest BCUT2D eigenvalue weighted by molar-refractivity contribution is 7.85. The van der Waals surface area contributed by atoms with Crippen molar-refractivity contribution in [3.63, 3.8) is 0 Å². The Hall–Kier alpha value is -2.25. The van der Waals surface area contributed by atoms with Crippen LogP contribution < -0.4 is 0 Å². The molecule has 0 spiro atoms. The molecule has 0 aliphatic heterocycles. The van der Waals surface area contributed by atoms with Gasteiger partial charge in [-0.2, -0.15) is 8.42 Å². The molecule has 2 rings (SSSR count). The van der Waals surface area contributed by atoms with Crippen LogP contribution in [-0.4, -0.2) is 30.2 Å². The number of esters is 1. The molecule has 1 unspecified atom stereocenters. The summed E-state index contributed by atoms with van der Waals surface area (Å²) in [5, 5.41) is 0. The molecule has 1 atom stereocenters. The van der Waals surface area contributed by atoms with Gasteiger partial charge in [-0.3, -0.25) is 14.3 Å².